The van der Waals surface area contributed by atoms with Crippen LogP contribution in [0.1, 0.15) is 65.5 Å². The summed E-state index contributed by atoms with van der Waals surface area (Å²) in [5.41, 5.74) is 1.20. The van der Waals surface area contributed by atoms with Crippen molar-refractivity contribution in [2.45, 2.75) is 65.5 Å². The van der Waals surface area contributed by atoms with Gasteiger partial charge in [-0.3, -0.25) is 9.59 Å². The molecule has 1 atom stereocenters. The Labute approximate surface area is 173 Å². The predicted octanol–water partition coefficient (Wildman–Crippen LogP) is 3.86. The predicted molar refractivity (Wildman–Crippen MR) is 112 cm³/mol. The molecule has 2 N–H and O–H groups in total. The van der Waals surface area contributed by atoms with Gasteiger partial charge >= 0.3 is 6.09 Å². The molecule has 3 amide bonds. The van der Waals surface area contributed by atoms with Crippen LogP contribution in [0.15, 0.2) is 24.3 Å². The molecule has 0 aromatic heterocycles. The molecule has 7 heteroatoms. The van der Waals surface area contributed by atoms with Gasteiger partial charge in [-0.1, -0.05) is 19.1 Å². The summed E-state index contributed by atoms with van der Waals surface area (Å²) in [6.45, 7) is 10.3. The molecule has 1 fully saturated rings. The Morgan fingerprint density at radius 1 is 1.14 bits per heavy atom. The van der Waals surface area contributed by atoms with E-state index in [1.165, 1.54) is 0 Å². The number of piperidine rings is 1. The first-order chi connectivity index (χ1) is 13.6. The molecule has 29 heavy (non-hydrogen) atoms. The highest BCUT2D eigenvalue weighted by Gasteiger charge is 2.30. The van der Waals surface area contributed by atoms with Crippen molar-refractivity contribution < 1.29 is 19.1 Å². The molecule has 0 saturated carbocycles. The Morgan fingerprint density at radius 2 is 1.72 bits per heavy atom. The summed E-state index contributed by atoms with van der Waals surface area (Å²) < 4.78 is 5.40. The van der Waals surface area contributed by atoms with Crippen molar-refractivity contribution in [3.8, 4) is 0 Å². The number of rotatable bonds is 5. The molecule has 0 spiro atoms. The lowest BCUT2D eigenvalue weighted by atomic mass is 9.95. The minimum absolute atomic E-state index is 0.00435. The van der Waals surface area contributed by atoms with Crippen LogP contribution in [0, 0.1) is 5.92 Å². The molecule has 0 radical (unpaired) electrons. The van der Waals surface area contributed by atoms with Gasteiger partial charge in [0.1, 0.15) is 5.60 Å². The van der Waals surface area contributed by atoms with Gasteiger partial charge in [0.05, 0.1) is 6.04 Å². The van der Waals surface area contributed by atoms with Crippen molar-refractivity contribution in [2.75, 3.05) is 18.4 Å². The molecule has 7 nitrogen and oxygen atoms in total. The third-order valence-corrected chi connectivity index (χ3v) is 4.89. The van der Waals surface area contributed by atoms with Gasteiger partial charge in [-0.2, -0.15) is 0 Å². The summed E-state index contributed by atoms with van der Waals surface area (Å²) in [5.74, 6) is -0.138. The lowest BCUT2D eigenvalue weighted by Gasteiger charge is -2.33. The van der Waals surface area contributed by atoms with Crippen LogP contribution >= 0.6 is 0 Å². The van der Waals surface area contributed by atoms with Crippen LogP contribution in [-0.2, 0) is 14.3 Å². The average molecular weight is 404 g/mol. The fourth-order valence-corrected chi connectivity index (χ4v) is 3.17. The van der Waals surface area contributed by atoms with E-state index in [1.807, 2.05) is 52.0 Å². The number of amides is 3. The number of hydrogen-bond acceptors (Lipinski definition) is 4. The van der Waals surface area contributed by atoms with Crippen molar-refractivity contribution >= 4 is 23.6 Å². The molecular formula is C22H33N3O4. The third kappa shape index (κ3) is 7.07. The van der Waals surface area contributed by atoms with Gasteiger partial charge in [-0.05, 0) is 58.2 Å². The van der Waals surface area contributed by atoms with Crippen LogP contribution in [0.25, 0.3) is 0 Å². The monoisotopic (exact) mass is 403 g/mol. The first-order valence-electron chi connectivity index (χ1n) is 10.3. The lowest BCUT2D eigenvalue weighted by molar-refractivity contribution is -0.127. The number of anilines is 1. The molecular weight excluding hydrogens is 370 g/mol. The minimum Gasteiger partial charge on any atom is -0.444 e. The number of hydrogen-bond donors (Lipinski definition) is 2. The van der Waals surface area contributed by atoms with E-state index in [0.717, 1.165) is 11.3 Å². The first-order valence-corrected chi connectivity index (χ1v) is 10.3. The number of carbonyl (C=O) groups excluding carboxylic acids is 3. The number of carbonyl (C=O) groups is 3. The molecule has 160 valence electrons. The normalized spacial score (nSPS) is 16.1. The second-order valence-electron chi connectivity index (χ2n) is 8.50. The standard InChI is InChI=1S/C22H33N3O4/c1-6-19(26)24-18-9-7-16(8-10-18)15(2)23-20(27)17-11-13-25(14-12-17)21(28)29-22(3,4)5/h7-10,15,17H,6,11-14H2,1-5H3,(H,23,27)(H,24,26). The van der Waals surface area contributed by atoms with Gasteiger partial charge in [-0.25, -0.2) is 4.79 Å². The van der Waals surface area contributed by atoms with Crippen molar-refractivity contribution in [1.29, 1.82) is 0 Å². The molecule has 1 saturated heterocycles. The van der Waals surface area contributed by atoms with Crippen LogP contribution < -0.4 is 10.6 Å². The van der Waals surface area contributed by atoms with Gasteiger partial charge in [0.15, 0.2) is 0 Å². The highest BCUT2D eigenvalue weighted by Crippen LogP contribution is 2.22. The topological polar surface area (TPSA) is 87.7 Å². The van der Waals surface area contributed by atoms with Gasteiger partial charge in [0, 0.05) is 31.1 Å². The molecule has 1 aliphatic heterocycles. The second-order valence-corrected chi connectivity index (χ2v) is 8.50. The maximum atomic E-state index is 12.6. The average Bonchev–Trinajstić information content (AvgIpc) is 2.67. The second kappa shape index (κ2) is 9.76. The molecule has 0 bridgehead atoms. The Hall–Kier alpha value is -2.57. The number of ether oxygens (including phenoxy) is 1. The van der Waals surface area contributed by atoms with Gasteiger partial charge < -0.3 is 20.3 Å². The summed E-state index contributed by atoms with van der Waals surface area (Å²) in [5, 5.41) is 5.87. The van der Waals surface area contributed by atoms with E-state index in [9.17, 15) is 14.4 Å². The van der Waals surface area contributed by atoms with Crippen molar-refractivity contribution in [3.05, 3.63) is 29.8 Å². The lowest BCUT2D eigenvalue weighted by Crippen LogP contribution is -2.45. The quantitative estimate of drug-likeness (QED) is 0.781. The Kier molecular flexibility index (Phi) is 7.65. The summed E-state index contributed by atoms with van der Waals surface area (Å²) in [7, 11) is 0. The van der Waals surface area contributed by atoms with Crippen LogP contribution in [0.5, 0.6) is 0 Å². The molecule has 1 unspecified atom stereocenters. The SMILES string of the molecule is CCC(=O)Nc1ccc(C(C)NC(=O)C2CCN(C(=O)OC(C)(C)C)CC2)cc1. The smallest absolute Gasteiger partial charge is 0.410 e. The molecule has 1 aromatic carbocycles. The Balaban J connectivity index is 1.83. The summed E-state index contributed by atoms with van der Waals surface area (Å²) in [6.07, 6.45) is 1.36. The number of nitrogens with one attached hydrogen (secondary N) is 2. The first kappa shape index (κ1) is 22.7. The Morgan fingerprint density at radius 3 is 2.24 bits per heavy atom. The number of benzene rings is 1. The van der Waals surface area contributed by atoms with E-state index in [4.69, 9.17) is 4.74 Å². The van der Waals surface area contributed by atoms with E-state index in [-0.39, 0.29) is 29.9 Å². The van der Waals surface area contributed by atoms with Crippen molar-refractivity contribution in [3.63, 3.8) is 0 Å². The maximum absolute atomic E-state index is 12.6. The maximum Gasteiger partial charge on any atom is 0.410 e. The van der Waals surface area contributed by atoms with Crippen LogP contribution in [0.4, 0.5) is 10.5 Å². The Bertz CT molecular complexity index is 717. The molecule has 0 aliphatic carbocycles. The largest absolute Gasteiger partial charge is 0.444 e. The minimum atomic E-state index is -0.518. The number of nitrogens with zero attached hydrogens (tertiary/aromatic N) is 1. The molecule has 1 heterocycles. The van der Waals surface area contributed by atoms with E-state index < -0.39 is 5.60 Å². The molecule has 2 rings (SSSR count). The summed E-state index contributed by atoms with van der Waals surface area (Å²) in [4.78, 5) is 37.9. The van der Waals surface area contributed by atoms with Crippen molar-refractivity contribution in [2.24, 2.45) is 5.92 Å². The zero-order valence-electron chi connectivity index (χ0n) is 18.1. The van der Waals surface area contributed by atoms with Crippen LogP contribution in [-0.4, -0.2) is 41.5 Å². The third-order valence-electron chi connectivity index (χ3n) is 4.89. The van der Waals surface area contributed by atoms with E-state index in [0.29, 0.717) is 32.4 Å². The van der Waals surface area contributed by atoms with Gasteiger partial charge in [0.2, 0.25) is 11.8 Å². The fraction of sp³-hybridized carbons (Fsp3) is 0.591. The highest BCUT2D eigenvalue weighted by atomic mass is 16.6. The van der Waals surface area contributed by atoms with Crippen LogP contribution in [0.3, 0.4) is 0 Å². The van der Waals surface area contributed by atoms with E-state index >= 15 is 0 Å². The van der Waals surface area contributed by atoms with Gasteiger partial charge in [0.25, 0.3) is 0 Å². The number of likely N-dealkylation sites (tertiary alicyclic amines) is 1. The van der Waals surface area contributed by atoms with E-state index in [2.05, 4.69) is 10.6 Å². The van der Waals surface area contributed by atoms with Crippen LogP contribution in [0.2, 0.25) is 0 Å². The zero-order valence-corrected chi connectivity index (χ0v) is 18.1. The summed E-state index contributed by atoms with van der Waals surface area (Å²) >= 11 is 0. The zero-order chi connectivity index (χ0) is 21.6. The molecule has 1 aromatic rings. The van der Waals surface area contributed by atoms with E-state index in [1.54, 1.807) is 11.8 Å². The fourth-order valence-electron chi connectivity index (χ4n) is 3.17. The summed E-state index contributed by atoms with van der Waals surface area (Å²) in [6, 6.07) is 7.35. The van der Waals surface area contributed by atoms with Gasteiger partial charge in [-0.15, -0.1) is 0 Å². The highest BCUT2D eigenvalue weighted by molar-refractivity contribution is 5.90. The molecule has 1 aliphatic rings. The van der Waals surface area contributed by atoms with Crippen molar-refractivity contribution in [1.82, 2.24) is 10.2 Å².